The minimum Gasteiger partial charge on any atom is -0.436 e. The van der Waals surface area contributed by atoms with E-state index in [-0.39, 0.29) is 0 Å². The number of aryl methyl sites for hydroxylation is 1. The standard InChI is InChI=1S/C12H17N5O/c1-3-5-17-8-10(7-16-17)18-12-6-11(13-4-2)14-9-15-12/h6-9H,3-5H2,1-2H3,(H,13,14,15). The molecule has 6 heteroatoms. The van der Waals surface area contributed by atoms with Crippen molar-refractivity contribution in [3.05, 3.63) is 24.8 Å². The van der Waals surface area contributed by atoms with Gasteiger partial charge in [-0.3, -0.25) is 4.68 Å². The van der Waals surface area contributed by atoms with Gasteiger partial charge in [-0.25, -0.2) is 9.97 Å². The summed E-state index contributed by atoms with van der Waals surface area (Å²) in [6.45, 7) is 5.81. The smallest absolute Gasteiger partial charge is 0.224 e. The highest BCUT2D eigenvalue weighted by molar-refractivity contribution is 5.38. The molecule has 0 fully saturated rings. The van der Waals surface area contributed by atoms with E-state index in [1.165, 1.54) is 6.33 Å². The molecule has 0 aliphatic rings. The van der Waals surface area contributed by atoms with Crippen molar-refractivity contribution in [1.29, 1.82) is 0 Å². The summed E-state index contributed by atoms with van der Waals surface area (Å²) in [7, 11) is 0. The molecule has 0 bridgehead atoms. The Labute approximate surface area is 106 Å². The number of rotatable bonds is 6. The summed E-state index contributed by atoms with van der Waals surface area (Å²) in [4.78, 5) is 8.14. The van der Waals surface area contributed by atoms with Gasteiger partial charge in [-0.2, -0.15) is 5.10 Å². The van der Waals surface area contributed by atoms with Gasteiger partial charge in [0.2, 0.25) is 5.88 Å². The van der Waals surface area contributed by atoms with Crippen LogP contribution < -0.4 is 10.1 Å². The lowest BCUT2D eigenvalue weighted by atomic mass is 10.5. The van der Waals surface area contributed by atoms with Crippen LogP contribution in [0.4, 0.5) is 5.82 Å². The van der Waals surface area contributed by atoms with Crippen LogP contribution in [0.2, 0.25) is 0 Å². The summed E-state index contributed by atoms with van der Waals surface area (Å²) in [6.07, 6.45) is 6.06. The van der Waals surface area contributed by atoms with E-state index < -0.39 is 0 Å². The van der Waals surface area contributed by atoms with Crippen LogP contribution in [0.15, 0.2) is 24.8 Å². The molecule has 1 N–H and O–H groups in total. The highest BCUT2D eigenvalue weighted by atomic mass is 16.5. The molecule has 0 saturated heterocycles. The molecule has 0 saturated carbocycles. The summed E-state index contributed by atoms with van der Waals surface area (Å²) in [6, 6.07) is 1.76. The molecule has 0 amide bonds. The number of hydrogen-bond acceptors (Lipinski definition) is 5. The lowest BCUT2D eigenvalue weighted by molar-refractivity contribution is 0.460. The van der Waals surface area contributed by atoms with Crippen LogP contribution in [0.5, 0.6) is 11.6 Å². The average Bonchev–Trinajstić information content (AvgIpc) is 2.78. The van der Waals surface area contributed by atoms with Gasteiger partial charge in [0.1, 0.15) is 12.1 Å². The van der Waals surface area contributed by atoms with Crippen LogP contribution in [0.25, 0.3) is 0 Å². The summed E-state index contributed by atoms with van der Waals surface area (Å²) >= 11 is 0. The number of anilines is 1. The van der Waals surface area contributed by atoms with Gasteiger partial charge in [0, 0.05) is 19.2 Å². The Balaban J connectivity index is 2.05. The molecule has 6 nitrogen and oxygen atoms in total. The van der Waals surface area contributed by atoms with Crippen molar-refractivity contribution in [2.24, 2.45) is 0 Å². The molecular weight excluding hydrogens is 230 g/mol. The third kappa shape index (κ3) is 3.19. The third-order valence-corrected chi connectivity index (χ3v) is 2.28. The van der Waals surface area contributed by atoms with E-state index in [2.05, 4.69) is 27.3 Å². The van der Waals surface area contributed by atoms with Crippen molar-refractivity contribution in [2.75, 3.05) is 11.9 Å². The number of nitrogens with one attached hydrogen (secondary N) is 1. The summed E-state index contributed by atoms with van der Waals surface area (Å²) < 4.78 is 7.47. The van der Waals surface area contributed by atoms with Crippen LogP contribution in [0.3, 0.4) is 0 Å². The molecule has 2 rings (SSSR count). The second kappa shape index (κ2) is 6.00. The van der Waals surface area contributed by atoms with Gasteiger partial charge < -0.3 is 10.1 Å². The van der Waals surface area contributed by atoms with E-state index in [4.69, 9.17) is 4.74 Å². The van der Waals surface area contributed by atoms with Crippen LogP contribution in [0, 0.1) is 0 Å². The van der Waals surface area contributed by atoms with Gasteiger partial charge in [-0.15, -0.1) is 0 Å². The number of nitrogens with zero attached hydrogens (tertiary/aromatic N) is 4. The Hall–Kier alpha value is -2.11. The van der Waals surface area contributed by atoms with Gasteiger partial charge in [0.15, 0.2) is 5.75 Å². The predicted octanol–water partition coefficient (Wildman–Crippen LogP) is 2.31. The largest absolute Gasteiger partial charge is 0.436 e. The molecule has 0 atom stereocenters. The Kier molecular flexibility index (Phi) is 4.11. The van der Waals surface area contributed by atoms with Crippen molar-refractivity contribution in [3.8, 4) is 11.6 Å². The zero-order chi connectivity index (χ0) is 12.8. The molecule has 2 aromatic heterocycles. The van der Waals surface area contributed by atoms with Gasteiger partial charge in [-0.05, 0) is 13.3 Å². The Bertz CT molecular complexity index is 497. The Morgan fingerprint density at radius 1 is 1.33 bits per heavy atom. The summed E-state index contributed by atoms with van der Waals surface area (Å²) in [5.74, 6) is 1.95. The van der Waals surface area contributed by atoms with Crippen molar-refractivity contribution >= 4 is 5.82 Å². The molecule has 0 unspecified atom stereocenters. The third-order valence-electron chi connectivity index (χ3n) is 2.28. The van der Waals surface area contributed by atoms with Crippen molar-refractivity contribution in [1.82, 2.24) is 19.7 Å². The van der Waals surface area contributed by atoms with E-state index >= 15 is 0 Å². The molecule has 0 aromatic carbocycles. The average molecular weight is 247 g/mol. The van der Waals surface area contributed by atoms with E-state index in [9.17, 15) is 0 Å². The van der Waals surface area contributed by atoms with Crippen molar-refractivity contribution < 1.29 is 4.74 Å². The van der Waals surface area contributed by atoms with Crippen LogP contribution >= 0.6 is 0 Å². The van der Waals surface area contributed by atoms with Crippen molar-refractivity contribution in [2.45, 2.75) is 26.8 Å². The fourth-order valence-electron chi connectivity index (χ4n) is 1.54. The lowest BCUT2D eigenvalue weighted by Gasteiger charge is -2.04. The van der Waals surface area contributed by atoms with E-state index in [0.717, 1.165) is 25.3 Å². The maximum atomic E-state index is 5.62. The van der Waals surface area contributed by atoms with Gasteiger partial charge >= 0.3 is 0 Å². The Morgan fingerprint density at radius 3 is 3.00 bits per heavy atom. The zero-order valence-electron chi connectivity index (χ0n) is 10.6. The van der Waals surface area contributed by atoms with Gasteiger partial charge in [0.25, 0.3) is 0 Å². The zero-order valence-corrected chi connectivity index (χ0v) is 10.6. The molecule has 0 spiro atoms. The quantitative estimate of drug-likeness (QED) is 0.848. The van der Waals surface area contributed by atoms with Crippen LogP contribution in [-0.4, -0.2) is 26.3 Å². The second-order valence-corrected chi connectivity index (χ2v) is 3.81. The topological polar surface area (TPSA) is 64.9 Å². The molecule has 96 valence electrons. The highest BCUT2D eigenvalue weighted by Crippen LogP contribution is 2.19. The van der Waals surface area contributed by atoms with Gasteiger partial charge in [0.05, 0.1) is 12.4 Å². The molecule has 0 aliphatic carbocycles. The van der Waals surface area contributed by atoms with Crippen molar-refractivity contribution in [3.63, 3.8) is 0 Å². The molecule has 0 radical (unpaired) electrons. The van der Waals surface area contributed by atoms with E-state index in [1.807, 2.05) is 17.8 Å². The lowest BCUT2D eigenvalue weighted by Crippen LogP contribution is -2.00. The number of ether oxygens (including phenoxy) is 1. The first kappa shape index (κ1) is 12.3. The van der Waals surface area contributed by atoms with Gasteiger partial charge in [-0.1, -0.05) is 6.92 Å². The Morgan fingerprint density at radius 2 is 2.22 bits per heavy atom. The van der Waals surface area contributed by atoms with E-state index in [0.29, 0.717) is 11.6 Å². The fourth-order valence-corrected chi connectivity index (χ4v) is 1.54. The first-order valence-electron chi connectivity index (χ1n) is 6.08. The SMILES string of the molecule is CCCn1cc(Oc2cc(NCC)ncn2)cn1. The summed E-state index contributed by atoms with van der Waals surface area (Å²) in [5, 5.41) is 7.30. The maximum Gasteiger partial charge on any atom is 0.224 e. The van der Waals surface area contributed by atoms with E-state index in [1.54, 1.807) is 12.3 Å². The number of hydrogen-bond donors (Lipinski definition) is 1. The summed E-state index contributed by atoms with van der Waals surface area (Å²) in [5.41, 5.74) is 0. The van der Waals surface area contributed by atoms with Crippen LogP contribution in [0.1, 0.15) is 20.3 Å². The maximum absolute atomic E-state index is 5.62. The highest BCUT2D eigenvalue weighted by Gasteiger charge is 2.03. The molecule has 0 aliphatic heterocycles. The first-order valence-corrected chi connectivity index (χ1v) is 6.08. The minimum atomic E-state index is 0.511. The molecule has 18 heavy (non-hydrogen) atoms. The molecule has 2 aromatic rings. The number of aromatic nitrogens is 4. The molecular formula is C12H17N5O. The first-order chi connectivity index (χ1) is 8.81. The second-order valence-electron chi connectivity index (χ2n) is 3.81. The normalized spacial score (nSPS) is 10.3. The monoisotopic (exact) mass is 247 g/mol. The van der Waals surface area contributed by atoms with Crippen LogP contribution in [-0.2, 0) is 6.54 Å². The molecule has 2 heterocycles. The predicted molar refractivity (Wildman–Crippen MR) is 68.8 cm³/mol. The minimum absolute atomic E-state index is 0.511. The fraction of sp³-hybridized carbons (Fsp3) is 0.417.